The van der Waals surface area contributed by atoms with Crippen LogP contribution in [0.3, 0.4) is 0 Å². The van der Waals surface area contributed by atoms with Crippen LogP contribution in [0.25, 0.3) is 0 Å². The number of amides is 2. The van der Waals surface area contributed by atoms with Gasteiger partial charge in [0.05, 0.1) is 10.9 Å². The molecule has 1 aliphatic rings. The van der Waals surface area contributed by atoms with Gasteiger partial charge in [-0.2, -0.15) is 16.1 Å². The molecule has 1 saturated heterocycles. The average molecular weight is 528 g/mol. The topological polar surface area (TPSA) is 134 Å². The number of thioether (sulfide) groups is 1. The Bertz CT molecular complexity index is 1070. The van der Waals surface area contributed by atoms with Crippen LogP contribution >= 0.6 is 11.8 Å². The van der Waals surface area contributed by atoms with Crippen molar-refractivity contribution < 1.29 is 32.7 Å². The van der Waals surface area contributed by atoms with Crippen molar-refractivity contribution >= 4 is 33.8 Å². The minimum Gasteiger partial charge on any atom is -0.481 e. The number of carbonyl (C=O) groups is 2. The van der Waals surface area contributed by atoms with Gasteiger partial charge in [0.1, 0.15) is 24.0 Å². The molecule has 1 aromatic rings. The lowest BCUT2D eigenvalue weighted by Crippen LogP contribution is -2.66. The number of nitrogens with one attached hydrogen (secondary N) is 2. The van der Waals surface area contributed by atoms with Crippen LogP contribution in [0.15, 0.2) is 29.2 Å². The zero-order chi connectivity index (χ0) is 26.4. The molecule has 2 rings (SSSR count). The van der Waals surface area contributed by atoms with Gasteiger partial charge < -0.3 is 14.8 Å². The number of sulfonamides is 1. The van der Waals surface area contributed by atoms with Crippen molar-refractivity contribution in [3.8, 4) is 17.6 Å². The Morgan fingerprint density at radius 2 is 1.89 bits per heavy atom. The minimum atomic E-state index is -4.24. The summed E-state index contributed by atoms with van der Waals surface area (Å²) in [5.74, 6) is 5.33. The van der Waals surface area contributed by atoms with Crippen LogP contribution in [0.5, 0.6) is 5.75 Å². The maximum absolute atomic E-state index is 13.8. The fraction of sp³-hybridized carbons (Fsp3) is 0.565. The van der Waals surface area contributed by atoms with Crippen molar-refractivity contribution in [2.75, 3.05) is 18.9 Å². The Hall–Kier alpha value is -2.46. The summed E-state index contributed by atoms with van der Waals surface area (Å²) >= 11 is 1.37. The van der Waals surface area contributed by atoms with Crippen LogP contribution in [0.4, 0.5) is 4.79 Å². The van der Waals surface area contributed by atoms with E-state index in [1.54, 1.807) is 47.0 Å². The molecule has 1 heterocycles. The predicted molar refractivity (Wildman–Crippen MR) is 133 cm³/mol. The first-order valence-electron chi connectivity index (χ1n) is 10.9. The van der Waals surface area contributed by atoms with Gasteiger partial charge in [-0.3, -0.25) is 10.0 Å². The van der Waals surface area contributed by atoms with Crippen LogP contribution in [-0.2, 0) is 19.6 Å². The van der Waals surface area contributed by atoms with Crippen molar-refractivity contribution in [3.05, 3.63) is 24.3 Å². The van der Waals surface area contributed by atoms with Crippen LogP contribution in [0.2, 0.25) is 0 Å². The molecule has 1 aromatic carbocycles. The van der Waals surface area contributed by atoms with Crippen molar-refractivity contribution in [2.24, 2.45) is 0 Å². The maximum Gasteiger partial charge on any atom is 0.407 e. The first-order valence-corrected chi connectivity index (χ1v) is 13.4. The lowest BCUT2D eigenvalue weighted by Gasteiger charge is -2.47. The molecule has 0 spiro atoms. The summed E-state index contributed by atoms with van der Waals surface area (Å²) in [6, 6.07) is 3.73. The van der Waals surface area contributed by atoms with Gasteiger partial charge in [-0.1, -0.05) is 5.92 Å². The summed E-state index contributed by atoms with van der Waals surface area (Å²) in [4.78, 5) is 24.9. The normalized spacial score (nSPS) is 20.2. The van der Waals surface area contributed by atoms with Crippen molar-refractivity contribution in [2.45, 2.75) is 68.9 Å². The number of alkyl carbamates (subject to hydrolysis) is 1. The van der Waals surface area contributed by atoms with Gasteiger partial charge in [0.2, 0.25) is 10.0 Å². The average Bonchev–Trinajstić information content (AvgIpc) is 2.76. The molecular formula is C23H33N3O7S2. The highest BCUT2D eigenvalue weighted by Gasteiger charge is 2.52. The Kier molecular flexibility index (Phi) is 9.47. The number of ether oxygens (including phenoxy) is 2. The minimum absolute atomic E-state index is 0.0628. The Morgan fingerprint density at radius 1 is 1.26 bits per heavy atom. The first kappa shape index (κ1) is 28.8. The molecule has 1 aliphatic heterocycles. The second-order valence-electron chi connectivity index (χ2n) is 9.35. The van der Waals surface area contributed by atoms with Gasteiger partial charge in [0.15, 0.2) is 0 Å². The van der Waals surface area contributed by atoms with E-state index in [1.807, 2.05) is 0 Å². The molecule has 194 valence electrons. The molecule has 0 aromatic heterocycles. The molecule has 0 bridgehead atoms. The number of rotatable bonds is 7. The van der Waals surface area contributed by atoms with E-state index < -0.39 is 44.5 Å². The van der Waals surface area contributed by atoms with Crippen LogP contribution in [0.1, 0.15) is 41.5 Å². The number of benzene rings is 1. The van der Waals surface area contributed by atoms with Crippen LogP contribution in [-0.4, -0.2) is 71.3 Å². The van der Waals surface area contributed by atoms with Crippen molar-refractivity contribution in [3.63, 3.8) is 0 Å². The lowest BCUT2D eigenvalue weighted by atomic mass is 10.0. The van der Waals surface area contributed by atoms with Gasteiger partial charge >= 0.3 is 6.09 Å². The third kappa shape index (κ3) is 7.51. The number of carbonyl (C=O) groups excluding carboxylic acids is 2. The fourth-order valence-electron chi connectivity index (χ4n) is 3.49. The van der Waals surface area contributed by atoms with E-state index in [0.29, 0.717) is 11.5 Å². The third-order valence-corrected chi connectivity index (χ3v) is 8.50. The maximum atomic E-state index is 13.8. The summed E-state index contributed by atoms with van der Waals surface area (Å²) in [6.07, 6.45) is -0.704. The zero-order valence-corrected chi connectivity index (χ0v) is 22.4. The third-order valence-electron chi connectivity index (χ3n) is 5.05. The number of hydrogen-bond acceptors (Lipinski definition) is 8. The zero-order valence-electron chi connectivity index (χ0n) is 20.7. The molecule has 0 aliphatic carbocycles. The SMILES string of the molecule is CC#CCOc1ccc(S(=O)(=O)N2C(CNC(=O)OC(C)(C)C)CSC(C)(C)[C@@H]2C(=O)NO)cc1. The van der Waals surface area contributed by atoms with E-state index in [9.17, 15) is 23.2 Å². The Balaban J connectivity index is 2.41. The monoisotopic (exact) mass is 527 g/mol. The Labute approximate surface area is 211 Å². The molecular weight excluding hydrogens is 494 g/mol. The Morgan fingerprint density at radius 3 is 2.43 bits per heavy atom. The molecule has 2 amide bonds. The van der Waals surface area contributed by atoms with Gasteiger partial charge in [-0.05, 0) is 65.8 Å². The molecule has 2 atom stereocenters. The summed E-state index contributed by atoms with van der Waals surface area (Å²) < 4.78 is 38.5. The van der Waals surface area contributed by atoms with E-state index in [1.165, 1.54) is 36.0 Å². The van der Waals surface area contributed by atoms with E-state index in [0.717, 1.165) is 4.31 Å². The second-order valence-corrected chi connectivity index (χ2v) is 12.9. The summed E-state index contributed by atoms with van der Waals surface area (Å²) in [7, 11) is -4.24. The second kappa shape index (κ2) is 11.5. The van der Waals surface area contributed by atoms with Crippen molar-refractivity contribution in [1.82, 2.24) is 15.1 Å². The van der Waals surface area contributed by atoms with E-state index in [4.69, 9.17) is 9.47 Å². The van der Waals surface area contributed by atoms with E-state index in [-0.39, 0.29) is 18.0 Å². The molecule has 10 nitrogen and oxygen atoms in total. The lowest BCUT2D eigenvalue weighted by molar-refractivity contribution is -0.134. The molecule has 1 unspecified atom stereocenters. The molecule has 0 radical (unpaired) electrons. The standard InChI is InChI=1S/C23H33N3O7S2/c1-7-8-13-32-17-9-11-18(12-10-17)35(30,31)26-16(14-24-21(28)33-22(2,3)4)15-34-23(5,6)19(26)20(27)25-29/h9-12,16,19,29H,13-15H2,1-6H3,(H,24,28)(H,25,27)/t16?,19-/m0/s1. The van der Waals surface area contributed by atoms with Gasteiger partial charge in [-0.15, -0.1) is 5.92 Å². The summed E-state index contributed by atoms with van der Waals surface area (Å²) in [6.45, 7) is 10.3. The highest BCUT2D eigenvalue weighted by molar-refractivity contribution is 8.01. The van der Waals surface area contributed by atoms with Gasteiger partial charge in [0, 0.05) is 17.0 Å². The highest BCUT2D eigenvalue weighted by Crippen LogP contribution is 2.41. The summed E-state index contributed by atoms with van der Waals surface area (Å²) in [5, 5.41) is 12.0. The quantitative estimate of drug-likeness (QED) is 0.280. The van der Waals surface area contributed by atoms with Crippen LogP contribution < -0.4 is 15.5 Å². The van der Waals surface area contributed by atoms with E-state index >= 15 is 0 Å². The predicted octanol–water partition coefficient (Wildman–Crippen LogP) is 2.37. The highest BCUT2D eigenvalue weighted by atomic mass is 32.2. The molecule has 3 N–H and O–H groups in total. The molecule has 35 heavy (non-hydrogen) atoms. The first-order chi connectivity index (χ1) is 16.2. The molecule has 0 saturated carbocycles. The number of nitrogens with zero attached hydrogens (tertiary/aromatic N) is 1. The largest absolute Gasteiger partial charge is 0.481 e. The fourth-order valence-corrected chi connectivity index (χ4v) is 6.84. The molecule has 1 fully saturated rings. The van der Waals surface area contributed by atoms with Crippen LogP contribution in [0, 0.1) is 11.8 Å². The van der Waals surface area contributed by atoms with Gasteiger partial charge in [-0.25, -0.2) is 18.7 Å². The van der Waals surface area contributed by atoms with E-state index in [2.05, 4.69) is 17.2 Å². The summed E-state index contributed by atoms with van der Waals surface area (Å²) in [5.41, 5.74) is 0.864. The number of hydrogen-bond donors (Lipinski definition) is 3. The smallest absolute Gasteiger partial charge is 0.407 e. The van der Waals surface area contributed by atoms with Gasteiger partial charge in [0.25, 0.3) is 5.91 Å². The van der Waals surface area contributed by atoms with Crippen molar-refractivity contribution in [1.29, 1.82) is 0 Å². The number of hydroxylamine groups is 1. The molecule has 12 heteroatoms.